The van der Waals surface area contributed by atoms with E-state index in [-0.39, 0.29) is 23.8 Å². The number of ether oxygens (including phenoxy) is 3. The van der Waals surface area contributed by atoms with E-state index < -0.39 is 17.7 Å². The lowest BCUT2D eigenvalue weighted by Gasteiger charge is -2.59. The third-order valence-corrected chi connectivity index (χ3v) is 8.21. The Morgan fingerprint density at radius 2 is 1.97 bits per heavy atom. The van der Waals surface area contributed by atoms with Crippen molar-refractivity contribution in [2.24, 2.45) is 23.7 Å². The van der Waals surface area contributed by atoms with E-state index in [0.29, 0.717) is 61.9 Å². The first-order chi connectivity index (χ1) is 18.1. The molecule has 38 heavy (non-hydrogen) atoms. The van der Waals surface area contributed by atoms with Crippen molar-refractivity contribution in [1.29, 1.82) is 0 Å². The number of alkyl halides is 3. The molecule has 1 aliphatic heterocycles. The van der Waals surface area contributed by atoms with Gasteiger partial charge in [0.25, 0.3) is 0 Å². The molecule has 4 bridgehead atoms. The summed E-state index contributed by atoms with van der Waals surface area (Å²) in [5.74, 6) is 0.448. The molecule has 13 heteroatoms. The van der Waals surface area contributed by atoms with Gasteiger partial charge < -0.3 is 24.8 Å². The van der Waals surface area contributed by atoms with Crippen LogP contribution in [0.4, 0.5) is 30.8 Å². The van der Waals surface area contributed by atoms with Gasteiger partial charge in [0.2, 0.25) is 11.8 Å². The maximum absolute atomic E-state index is 13.0. The van der Waals surface area contributed by atoms with Crippen LogP contribution in [0.1, 0.15) is 44.2 Å². The molecule has 0 amide bonds. The molecule has 10 nitrogen and oxygen atoms in total. The predicted octanol–water partition coefficient (Wildman–Crippen LogP) is 4.13. The Kier molecular flexibility index (Phi) is 6.36. The summed E-state index contributed by atoms with van der Waals surface area (Å²) in [6, 6.07) is 3.53. The van der Waals surface area contributed by atoms with Gasteiger partial charge in [-0.25, -0.2) is 4.79 Å². The van der Waals surface area contributed by atoms with E-state index in [9.17, 15) is 18.0 Å². The normalized spacial score (nSPS) is 31.8. The van der Waals surface area contributed by atoms with Crippen molar-refractivity contribution >= 4 is 23.6 Å². The molecule has 0 spiro atoms. The lowest BCUT2D eigenvalue weighted by Crippen LogP contribution is -2.61. The molecule has 206 valence electrons. The van der Waals surface area contributed by atoms with Crippen molar-refractivity contribution in [3.63, 3.8) is 0 Å². The molecule has 0 aromatic carbocycles. The smallest absolute Gasteiger partial charge is 0.477 e. The summed E-state index contributed by atoms with van der Waals surface area (Å²) in [5, 5.41) is 13.7. The quantitative estimate of drug-likeness (QED) is 0.427. The number of halogens is 3. The third kappa shape index (κ3) is 5.25. The monoisotopic (exact) mass is 536 g/mol. The number of nitrogens with zero attached hydrogens (tertiary/aromatic N) is 3. The summed E-state index contributed by atoms with van der Waals surface area (Å²) in [4.78, 5) is 20.9. The summed E-state index contributed by atoms with van der Waals surface area (Å²) in [6.07, 6.45) is -1.03. The SMILES string of the molecule is Cc1cc(Nc2cc(OCC3CCOC3)nc(NC3C4CC5CC3CC(OC(=O)C(F)(F)F)(C5)C4)n2)n[nH]1. The van der Waals surface area contributed by atoms with E-state index in [0.717, 1.165) is 31.6 Å². The predicted molar refractivity (Wildman–Crippen MR) is 129 cm³/mol. The van der Waals surface area contributed by atoms with Crippen LogP contribution in [0.3, 0.4) is 0 Å². The van der Waals surface area contributed by atoms with E-state index in [1.165, 1.54) is 0 Å². The molecule has 3 atom stereocenters. The number of rotatable bonds is 8. The maximum Gasteiger partial charge on any atom is 0.490 e. The number of hydrogen-bond acceptors (Lipinski definition) is 9. The lowest BCUT2D eigenvalue weighted by atomic mass is 9.52. The first-order valence-electron chi connectivity index (χ1n) is 13.1. The highest BCUT2D eigenvalue weighted by Crippen LogP contribution is 2.58. The van der Waals surface area contributed by atoms with Gasteiger partial charge in [0, 0.05) is 36.4 Å². The second-order valence-corrected chi connectivity index (χ2v) is 11.2. The minimum atomic E-state index is -4.99. The van der Waals surface area contributed by atoms with Crippen LogP contribution in [0, 0.1) is 30.6 Å². The number of hydrogen-bond donors (Lipinski definition) is 3. The molecule has 5 fully saturated rings. The molecule has 4 saturated carbocycles. The number of aryl methyl sites for hydroxylation is 1. The summed E-state index contributed by atoms with van der Waals surface area (Å²) >= 11 is 0. The molecule has 1 saturated heterocycles. The number of carbonyl (C=O) groups is 1. The Balaban J connectivity index is 1.20. The average molecular weight is 537 g/mol. The topological polar surface area (TPSA) is 123 Å². The van der Waals surface area contributed by atoms with E-state index in [4.69, 9.17) is 14.2 Å². The van der Waals surface area contributed by atoms with Gasteiger partial charge in [0.05, 0.1) is 13.2 Å². The highest BCUT2D eigenvalue weighted by molar-refractivity contribution is 5.76. The van der Waals surface area contributed by atoms with E-state index >= 15 is 0 Å². The van der Waals surface area contributed by atoms with Crippen LogP contribution in [0.2, 0.25) is 0 Å². The summed E-state index contributed by atoms with van der Waals surface area (Å²) < 4.78 is 55.4. The van der Waals surface area contributed by atoms with Crippen molar-refractivity contribution in [3.05, 3.63) is 17.8 Å². The van der Waals surface area contributed by atoms with Gasteiger partial charge in [-0.15, -0.1) is 0 Å². The molecule has 3 N–H and O–H groups in total. The van der Waals surface area contributed by atoms with Crippen molar-refractivity contribution in [2.75, 3.05) is 30.5 Å². The zero-order valence-corrected chi connectivity index (χ0v) is 21.0. The summed E-state index contributed by atoms with van der Waals surface area (Å²) in [5.41, 5.74) is -0.146. The fourth-order valence-electron chi connectivity index (χ4n) is 6.87. The van der Waals surface area contributed by atoms with E-state index in [2.05, 4.69) is 30.8 Å². The molecular weight excluding hydrogens is 505 g/mol. The Labute approximate surface area is 217 Å². The molecule has 2 aromatic rings. The van der Waals surface area contributed by atoms with Crippen molar-refractivity contribution in [1.82, 2.24) is 20.2 Å². The zero-order chi connectivity index (χ0) is 26.5. The minimum absolute atomic E-state index is 0.0387. The van der Waals surface area contributed by atoms with E-state index in [1.807, 2.05) is 13.0 Å². The molecular formula is C25H31F3N6O4. The third-order valence-electron chi connectivity index (χ3n) is 8.21. The van der Waals surface area contributed by atoms with Gasteiger partial charge in [0.1, 0.15) is 11.4 Å². The fraction of sp³-hybridized carbons (Fsp3) is 0.680. The van der Waals surface area contributed by atoms with Gasteiger partial charge in [-0.3, -0.25) is 5.10 Å². The Bertz CT molecular complexity index is 1170. The molecule has 4 aliphatic carbocycles. The number of H-pyrrole nitrogens is 1. The number of carbonyl (C=O) groups excluding carboxylic acids is 1. The standard InChI is InChI=1S/C25H31F3N6O4/c1-13-4-19(34-33-13)29-18-7-20(37-12-14-2-3-36-11-14)31-23(30-18)32-21-16-5-15-6-17(21)10-24(8-15,9-16)38-22(35)25(26,27)28/h4,7,14-17,21H,2-3,5-6,8-12H2,1H3,(H3,29,30,31,32,33,34). The Hall–Kier alpha value is -3.09. The zero-order valence-electron chi connectivity index (χ0n) is 21.0. The van der Waals surface area contributed by atoms with Crippen molar-refractivity contribution in [2.45, 2.75) is 63.3 Å². The molecule has 5 aliphatic rings. The van der Waals surface area contributed by atoms with Crippen LogP contribution in [-0.2, 0) is 14.3 Å². The van der Waals surface area contributed by atoms with Gasteiger partial charge >= 0.3 is 12.1 Å². The van der Waals surface area contributed by atoms with Crippen LogP contribution in [0.5, 0.6) is 5.88 Å². The molecule has 7 rings (SSSR count). The highest BCUT2D eigenvalue weighted by Gasteiger charge is 2.59. The summed E-state index contributed by atoms with van der Waals surface area (Å²) in [6.45, 7) is 3.75. The highest BCUT2D eigenvalue weighted by atomic mass is 19.4. The second-order valence-electron chi connectivity index (χ2n) is 11.2. The number of nitrogens with one attached hydrogen (secondary N) is 3. The first kappa shape index (κ1) is 25.2. The van der Waals surface area contributed by atoms with Crippen LogP contribution in [0.15, 0.2) is 12.1 Å². The van der Waals surface area contributed by atoms with Crippen molar-refractivity contribution < 1.29 is 32.2 Å². The summed E-state index contributed by atoms with van der Waals surface area (Å²) in [7, 11) is 0. The van der Waals surface area contributed by atoms with Crippen molar-refractivity contribution in [3.8, 4) is 5.88 Å². The average Bonchev–Trinajstić information content (AvgIpc) is 3.50. The molecule has 3 heterocycles. The molecule has 3 unspecified atom stereocenters. The number of aromatic amines is 1. The maximum atomic E-state index is 13.0. The van der Waals surface area contributed by atoms with Gasteiger partial charge in [0.15, 0.2) is 5.82 Å². The second kappa shape index (κ2) is 9.58. The van der Waals surface area contributed by atoms with Crippen LogP contribution < -0.4 is 15.4 Å². The largest absolute Gasteiger partial charge is 0.490 e. The fourth-order valence-corrected chi connectivity index (χ4v) is 6.87. The molecule has 2 aromatic heterocycles. The van der Waals surface area contributed by atoms with Gasteiger partial charge in [-0.05, 0) is 63.2 Å². The van der Waals surface area contributed by atoms with E-state index in [1.54, 1.807) is 6.07 Å². The number of esters is 1. The Morgan fingerprint density at radius 1 is 1.18 bits per heavy atom. The first-order valence-corrected chi connectivity index (χ1v) is 13.1. The van der Waals surface area contributed by atoms with Crippen LogP contribution in [-0.4, -0.2) is 63.8 Å². The molecule has 0 radical (unpaired) electrons. The lowest BCUT2D eigenvalue weighted by molar-refractivity contribution is -0.231. The van der Waals surface area contributed by atoms with Crippen LogP contribution >= 0.6 is 0 Å². The number of anilines is 3. The Morgan fingerprint density at radius 3 is 2.63 bits per heavy atom. The number of aromatic nitrogens is 4. The minimum Gasteiger partial charge on any atom is -0.477 e. The van der Waals surface area contributed by atoms with Gasteiger partial charge in [-0.1, -0.05) is 0 Å². The van der Waals surface area contributed by atoms with Gasteiger partial charge in [-0.2, -0.15) is 28.2 Å². The van der Waals surface area contributed by atoms with Crippen LogP contribution in [0.25, 0.3) is 0 Å².